The minimum absolute atomic E-state index is 0.0902. The summed E-state index contributed by atoms with van der Waals surface area (Å²) in [4.78, 5) is 20.3. The first-order valence-corrected chi connectivity index (χ1v) is 8.25. The van der Waals surface area contributed by atoms with Gasteiger partial charge >= 0.3 is 0 Å². The zero-order valence-corrected chi connectivity index (χ0v) is 14.7. The number of amides is 1. The first-order valence-electron chi connectivity index (χ1n) is 8.25. The Hall–Kier alpha value is -3.62. The van der Waals surface area contributed by atoms with Gasteiger partial charge in [0.05, 0.1) is 12.3 Å². The molecule has 0 unspecified atom stereocenters. The molecule has 3 aromatic rings. The van der Waals surface area contributed by atoms with Crippen LogP contribution in [0, 0.1) is 17.5 Å². The zero-order chi connectivity index (χ0) is 20.1. The van der Waals surface area contributed by atoms with Crippen LogP contribution in [0.25, 0.3) is 0 Å². The Bertz CT molecular complexity index is 997. The van der Waals surface area contributed by atoms with Gasteiger partial charge in [0.25, 0.3) is 5.91 Å². The van der Waals surface area contributed by atoms with Crippen molar-refractivity contribution in [3.05, 3.63) is 71.8 Å². The molecule has 0 spiro atoms. The van der Waals surface area contributed by atoms with Gasteiger partial charge in [0.15, 0.2) is 17.5 Å². The maximum Gasteiger partial charge on any atom is 0.274 e. The number of carbonyl (C=O) groups is 1. The van der Waals surface area contributed by atoms with E-state index in [2.05, 4.69) is 20.6 Å². The van der Waals surface area contributed by atoms with E-state index in [0.717, 1.165) is 6.07 Å². The molecular weight excluding hydrogens is 373 g/mol. The molecule has 0 bridgehead atoms. The number of rotatable bonds is 6. The largest absolute Gasteiger partial charge is 0.494 e. The average molecular weight is 388 g/mol. The third-order valence-electron chi connectivity index (χ3n) is 3.59. The van der Waals surface area contributed by atoms with Gasteiger partial charge in [-0.1, -0.05) is 0 Å². The highest BCUT2D eigenvalue weighted by molar-refractivity contribution is 6.03. The number of carbonyl (C=O) groups excluding carboxylic acids is 1. The average Bonchev–Trinajstić information content (AvgIpc) is 2.70. The van der Waals surface area contributed by atoms with Crippen LogP contribution >= 0.6 is 0 Å². The molecule has 1 heterocycles. The molecule has 0 fully saturated rings. The Labute approximate surface area is 158 Å². The molecule has 28 heavy (non-hydrogen) atoms. The second-order valence-corrected chi connectivity index (χ2v) is 5.52. The number of anilines is 3. The number of hydrogen-bond donors (Lipinski definition) is 2. The van der Waals surface area contributed by atoms with E-state index in [9.17, 15) is 18.0 Å². The van der Waals surface area contributed by atoms with E-state index in [4.69, 9.17) is 4.74 Å². The quantitative estimate of drug-likeness (QED) is 0.616. The summed E-state index contributed by atoms with van der Waals surface area (Å²) in [6.07, 6.45) is 1.33. The number of hydrogen-bond acceptors (Lipinski definition) is 5. The van der Waals surface area contributed by atoms with E-state index in [1.54, 1.807) is 24.3 Å². The van der Waals surface area contributed by atoms with Crippen LogP contribution in [0.2, 0.25) is 0 Å². The lowest BCUT2D eigenvalue weighted by atomic mass is 10.2. The molecule has 3 rings (SSSR count). The smallest absolute Gasteiger partial charge is 0.274 e. The van der Waals surface area contributed by atoms with Crippen LogP contribution in [0.3, 0.4) is 0 Å². The zero-order valence-electron chi connectivity index (χ0n) is 14.7. The number of aromatic nitrogens is 2. The van der Waals surface area contributed by atoms with E-state index in [-0.39, 0.29) is 11.6 Å². The van der Waals surface area contributed by atoms with Crippen molar-refractivity contribution in [2.75, 3.05) is 17.2 Å². The SMILES string of the molecule is CCOc1ccc(Nc2nccc(C(=O)Nc3ccc(F)c(F)c3F)n2)cc1. The maximum atomic E-state index is 13.7. The van der Waals surface area contributed by atoms with E-state index in [0.29, 0.717) is 24.1 Å². The first kappa shape index (κ1) is 19.2. The molecule has 9 heteroatoms. The summed E-state index contributed by atoms with van der Waals surface area (Å²) in [7, 11) is 0. The molecule has 144 valence electrons. The number of nitrogens with one attached hydrogen (secondary N) is 2. The fourth-order valence-electron chi connectivity index (χ4n) is 2.28. The summed E-state index contributed by atoms with van der Waals surface area (Å²) < 4.78 is 45.3. The summed E-state index contributed by atoms with van der Waals surface area (Å²) in [6.45, 7) is 2.42. The predicted octanol–water partition coefficient (Wildman–Crippen LogP) is 4.29. The van der Waals surface area contributed by atoms with Gasteiger partial charge in [-0.15, -0.1) is 0 Å². The molecule has 0 aliphatic carbocycles. The number of benzene rings is 2. The monoisotopic (exact) mass is 388 g/mol. The lowest BCUT2D eigenvalue weighted by Gasteiger charge is -2.09. The molecule has 0 radical (unpaired) electrons. The minimum atomic E-state index is -1.67. The molecule has 1 amide bonds. The summed E-state index contributed by atoms with van der Waals surface area (Å²) in [5.74, 6) is -4.48. The van der Waals surface area contributed by atoms with Crippen LogP contribution in [0.4, 0.5) is 30.5 Å². The number of nitrogens with zero attached hydrogens (tertiary/aromatic N) is 2. The fraction of sp³-hybridized carbons (Fsp3) is 0.105. The van der Waals surface area contributed by atoms with Crippen LogP contribution in [0.1, 0.15) is 17.4 Å². The van der Waals surface area contributed by atoms with E-state index < -0.39 is 29.0 Å². The third-order valence-corrected chi connectivity index (χ3v) is 3.59. The molecule has 6 nitrogen and oxygen atoms in total. The Kier molecular flexibility index (Phi) is 5.73. The van der Waals surface area contributed by atoms with Crippen molar-refractivity contribution >= 4 is 23.2 Å². The van der Waals surface area contributed by atoms with Crippen molar-refractivity contribution < 1.29 is 22.7 Å². The van der Waals surface area contributed by atoms with Crippen molar-refractivity contribution in [2.24, 2.45) is 0 Å². The molecule has 1 aromatic heterocycles. The Morgan fingerprint density at radius 1 is 1.04 bits per heavy atom. The van der Waals surface area contributed by atoms with Crippen LogP contribution in [0.15, 0.2) is 48.7 Å². The Balaban J connectivity index is 1.73. The van der Waals surface area contributed by atoms with Gasteiger partial charge in [0.2, 0.25) is 5.95 Å². The van der Waals surface area contributed by atoms with Gasteiger partial charge < -0.3 is 15.4 Å². The Morgan fingerprint density at radius 3 is 2.50 bits per heavy atom. The highest BCUT2D eigenvalue weighted by Crippen LogP contribution is 2.21. The summed E-state index contributed by atoms with van der Waals surface area (Å²) in [5, 5.41) is 5.07. The minimum Gasteiger partial charge on any atom is -0.494 e. The van der Waals surface area contributed by atoms with Crippen molar-refractivity contribution in [2.45, 2.75) is 6.92 Å². The van der Waals surface area contributed by atoms with E-state index >= 15 is 0 Å². The molecule has 0 saturated heterocycles. The van der Waals surface area contributed by atoms with Crippen LogP contribution in [-0.2, 0) is 0 Å². The summed E-state index contributed by atoms with van der Waals surface area (Å²) in [6, 6.07) is 9.95. The fourth-order valence-corrected chi connectivity index (χ4v) is 2.28. The van der Waals surface area contributed by atoms with Crippen LogP contribution < -0.4 is 15.4 Å². The molecular formula is C19H15F3N4O2. The van der Waals surface area contributed by atoms with Gasteiger partial charge in [-0.25, -0.2) is 23.1 Å². The maximum absolute atomic E-state index is 13.7. The highest BCUT2D eigenvalue weighted by atomic mass is 19.2. The molecule has 2 N–H and O–H groups in total. The van der Waals surface area contributed by atoms with Crippen molar-refractivity contribution in [1.29, 1.82) is 0 Å². The van der Waals surface area contributed by atoms with Crippen molar-refractivity contribution in [3.63, 3.8) is 0 Å². The van der Waals surface area contributed by atoms with Crippen molar-refractivity contribution in [1.82, 2.24) is 9.97 Å². The van der Waals surface area contributed by atoms with Crippen LogP contribution in [-0.4, -0.2) is 22.5 Å². The van der Waals surface area contributed by atoms with Gasteiger partial charge in [-0.05, 0) is 49.4 Å². The standard InChI is InChI=1S/C19H15F3N4O2/c1-2-28-12-5-3-11(4-6-12)24-19-23-10-9-15(26-19)18(27)25-14-8-7-13(20)16(21)17(14)22/h3-10H,2H2,1H3,(H,25,27)(H,23,24,26). The topological polar surface area (TPSA) is 76.1 Å². The third kappa shape index (κ3) is 4.37. The predicted molar refractivity (Wildman–Crippen MR) is 97.2 cm³/mol. The van der Waals surface area contributed by atoms with Gasteiger partial charge in [0, 0.05) is 11.9 Å². The lowest BCUT2D eigenvalue weighted by Crippen LogP contribution is -2.16. The van der Waals surface area contributed by atoms with Gasteiger partial charge in [0.1, 0.15) is 11.4 Å². The molecule has 0 saturated carbocycles. The summed E-state index contributed by atoms with van der Waals surface area (Å²) in [5.41, 5.74) is 0.0729. The van der Waals surface area contributed by atoms with Crippen molar-refractivity contribution in [3.8, 4) is 5.75 Å². The highest BCUT2D eigenvalue weighted by Gasteiger charge is 2.17. The Morgan fingerprint density at radius 2 is 1.79 bits per heavy atom. The van der Waals surface area contributed by atoms with E-state index in [1.807, 2.05) is 6.92 Å². The van der Waals surface area contributed by atoms with Crippen LogP contribution in [0.5, 0.6) is 5.75 Å². The van der Waals surface area contributed by atoms with Gasteiger partial charge in [-0.2, -0.15) is 0 Å². The summed E-state index contributed by atoms with van der Waals surface area (Å²) >= 11 is 0. The normalized spacial score (nSPS) is 10.4. The first-order chi connectivity index (χ1) is 13.5. The number of ether oxygens (including phenoxy) is 1. The second-order valence-electron chi connectivity index (χ2n) is 5.52. The second kappa shape index (κ2) is 8.38. The van der Waals surface area contributed by atoms with E-state index in [1.165, 1.54) is 12.3 Å². The molecule has 0 aliphatic heterocycles. The molecule has 0 aliphatic rings. The van der Waals surface area contributed by atoms with Gasteiger partial charge in [-0.3, -0.25) is 4.79 Å². The molecule has 2 aromatic carbocycles. The molecule has 0 atom stereocenters. The lowest BCUT2D eigenvalue weighted by molar-refractivity contribution is 0.102. The number of halogens is 3.